The van der Waals surface area contributed by atoms with Crippen molar-refractivity contribution in [2.45, 2.75) is 13.8 Å². The van der Waals surface area contributed by atoms with E-state index in [4.69, 9.17) is 10.2 Å². The van der Waals surface area contributed by atoms with Crippen LogP contribution in [-0.2, 0) is 0 Å². The second-order valence-electron chi connectivity index (χ2n) is 7.49. The fourth-order valence-corrected chi connectivity index (χ4v) is 3.52. The topological polar surface area (TPSA) is 111 Å². The molecule has 0 atom stereocenters. The largest absolute Gasteiger partial charge is 0.463 e. The highest BCUT2D eigenvalue weighted by molar-refractivity contribution is 6.16. The number of nitrogens with one attached hydrogen (secondary N) is 1. The van der Waals surface area contributed by atoms with Crippen molar-refractivity contribution in [3.8, 4) is 0 Å². The van der Waals surface area contributed by atoms with E-state index in [9.17, 15) is 4.79 Å². The average molecular weight is 424 g/mol. The highest BCUT2D eigenvalue weighted by Crippen LogP contribution is 2.29. The Kier molecular flexibility index (Phi) is 4.67. The molecule has 3 heterocycles. The molecule has 8 heteroatoms. The van der Waals surface area contributed by atoms with Crippen molar-refractivity contribution >= 4 is 45.8 Å². The first kappa shape index (κ1) is 19.5. The first-order valence-corrected chi connectivity index (χ1v) is 10.0. The predicted molar refractivity (Wildman–Crippen MR) is 125 cm³/mol. The maximum Gasteiger partial charge on any atom is 0.261 e. The van der Waals surface area contributed by atoms with Crippen molar-refractivity contribution in [3.05, 3.63) is 83.3 Å². The minimum Gasteiger partial charge on any atom is -0.463 e. The molecule has 32 heavy (non-hydrogen) atoms. The maximum atomic E-state index is 13.4. The number of furan rings is 1. The number of hydrogen-bond acceptors (Lipinski definition) is 6. The van der Waals surface area contributed by atoms with Crippen molar-refractivity contribution in [1.29, 1.82) is 0 Å². The summed E-state index contributed by atoms with van der Waals surface area (Å²) in [6.07, 6.45) is 3.06. The maximum absolute atomic E-state index is 13.4. The molecule has 1 amide bonds. The van der Waals surface area contributed by atoms with E-state index in [0.717, 1.165) is 11.1 Å². The third-order valence-electron chi connectivity index (χ3n) is 5.19. The standard InChI is InChI=1S/C24H20N6O2/c1-14-9-10-15(2)19(12-14)29-24(31)20-21-23(28-18-8-4-3-7-17(18)27-21)30(22(20)25)26-13-16-6-5-11-32-16/h3-13H,25H2,1-2H3,(H,29,31)/b26-13-. The fourth-order valence-electron chi connectivity index (χ4n) is 3.52. The molecule has 0 aliphatic heterocycles. The molecule has 0 saturated heterocycles. The smallest absolute Gasteiger partial charge is 0.261 e. The fraction of sp³-hybridized carbons (Fsp3) is 0.0833. The first-order chi connectivity index (χ1) is 15.5. The van der Waals surface area contributed by atoms with Gasteiger partial charge in [0.25, 0.3) is 5.91 Å². The van der Waals surface area contributed by atoms with Gasteiger partial charge in [-0.1, -0.05) is 24.3 Å². The lowest BCUT2D eigenvalue weighted by Crippen LogP contribution is -2.15. The third-order valence-corrected chi connectivity index (χ3v) is 5.19. The van der Waals surface area contributed by atoms with Crippen LogP contribution in [0.25, 0.3) is 22.2 Å². The number of anilines is 2. The number of para-hydroxylation sites is 2. The summed E-state index contributed by atoms with van der Waals surface area (Å²) in [6.45, 7) is 3.90. The number of aryl methyl sites for hydroxylation is 2. The van der Waals surface area contributed by atoms with Crippen molar-refractivity contribution in [1.82, 2.24) is 14.6 Å². The molecular formula is C24H20N6O2. The number of carbonyl (C=O) groups is 1. The Morgan fingerprint density at radius 3 is 2.62 bits per heavy atom. The van der Waals surface area contributed by atoms with Crippen LogP contribution in [-0.4, -0.2) is 26.8 Å². The van der Waals surface area contributed by atoms with Gasteiger partial charge in [-0.05, 0) is 55.3 Å². The highest BCUT2D eigenvalue weighted by Gasteiger charge is 2.24. The van der Waals surface area contributed by atoms with Crippen LogP contribution < -0.4 is 11.1 Å². The zero-order valence-electron chi connectivity index (χ0n) is 17.5. The van der Waals surface area contributed by atoms with E-state index in [1.165, 1.54) is 10.9 Å². The van der Waals surface area contributed by atoms with Gasteiger partial charge in [-0.25, -0.2) is 9.97 Å². The quantitative estimate of drug-likeness (QED) is 0.412. The number of hydrogen-bond donors (Lipinski definition) is 2. The molecule has 3 aromatic heterocycles. The van der Waals surface area contributed by atoms with Crippen LogP contribution in [0.4, 0.5) is 11.5 Å². The van der Waals surface area contributed by atoms with Gasteiger partial charge in [0.2, 0.25) is 0 Å². The number of aromatic nitrogens is 3. The van der Waals surface area contributed by atoms with Gasteiger partial charge < -0.3 is 15.5 Å². The lowest BCUT2D eigenvalue weighted by Gasteiger charge is -2.09. The third kappa shape index (κ3) is 3.37. The number of rotatable bonds is 4. The summed E-state index contributed by atoms with van der Waals surface area (Å²) in [6, 6.07) is 16.8. The molecule has 158 valence electrons. The summed E-state index contributed by atoms with van der Waals surface area (Å²) in [4.78, 5) is 22.7. The Labute approximate surface area is 183 Å². The van der Waals surface area contributed by atoms with Crippen LogP contribution in [0.1, 0.15) is 27.2 Å². The minimum atomic E-state index is -0.377. The molecule has 0 aliphatic rings. The molecule has 0 bridgehead atoms. The summed E-state index contributed by atoms with van der Waals surface area (Å²) in [5, 5.41) is 7.38. The van der Waals surface area contributed by atoms with E-state index >= 15 is 0 Å². The lowest BCUT2D eigenvalue weighted by molar-refractivity contribution is 0.102. The molecule has 5 rings (SSSR count). The van der Waals surface area contributed by atoms with Gasteiger partial charge in [-0.15, -0.1) is 0 Å². The van der Waals surface area contributed by atoms with Crippen molar-refractivity contribution in [2.75, 3.05) is 11.1 Å². The molecule has 0 saturated carbocycles. The second-order valence-corrected chi connectivity index (χ2v) is 7.49. The molecule has 5 aromatic rings. The van der Waals surface area contributed by atoms with E-state index in [1.807, 2.05) is 56.3 Å². The van der Waals surface area contributed by atoms with Crippen LogP contribution in [0.5, 0.6) is 0 Å². The molecule has 0 radical (unpaired) electrons. The highest BCUT2D eigenvalue weighted by atomic mass is 16.3. The number of fused-ring (bicyclic) bond motifs is 2. The average Bonchev–Trinajstić information content (AvgIpc) is 3.39. The number of carbonyl (C=O) groups excluding carboxylic acids is 1. The SMILES string of the molecule is Cc1ccc(C)c(NC(=O)c2c(N)n(/N=C\c3ccco3)c3nc4ccccc4nc23)c1. The van der Waals surface area contributed by atoms with Crippen molar-refractivity contribution in [2.24, 2.45) is 5.10 Å². The van der Waals surface area contributed by atoms with Crippen LogP contribution in [0.3, 0.4) is 0 Å². The molecule has 3 N–H and O–H groups in total. The van der Waals surface area contributed by atoms with E-state index in [-0.39, 0.29) is 17.3 Å². The van der Waals surface area contributed by atoms with Crippen LogP contribution in [0.15, 0.2) is 70.4 Å². The van der Waals surface area contributed by atoms with Crippen LogP contribution >= 0.6 is 0 Å². The summed E-state index contributed by atoms with van der Waals surface area (Å²) < 4.78 is 6.73. The van der Waals surface area contributed by atoms with Gasteiger partial charge in [0.05, 0.1) is 23.5 Å². The molecule has 0 spiro atoms. The number of nitrogens with two attached hydrogens (primary N) is 1. The van der Waals surface area contributed by atoms with Crippen molar-refractivity contribution < 1.29 is 9.21 Å². The second kappa shape index (κ2) is 7.66. The Bertz CT molecular complexity index is 1500. The minimum absolute atomic E-state index is 0.140. The number of benzene rings is 2. The molecule has 2 aromatic carbocycles. The Balaban J connectivity index is 1.68. The normalized spacial score (nSPS) is 11.6. The zero-order chi connectivity index (χ0) is 22.2. The van der Waals surface area contributed by atoms with Gasteiger partial charge in [-0.2, -0.15) is 9.78 Å². The van der Waals surface area contributed by atoms with E-state index in [0.29, 0.717) is 33.6 Å². The van der Waals surface area contributed by atoms with Gasteiger partial charge in [0, 0.05) is 5.69 Å². The van der Waals surface area contributed by atoms with E-state index < -0.39 is 0 Å². The predicted octanol–water partition coefficient (Wildman–Crippen LogP) is 4.51. The monoisotopic (exact) mass is 424 g/mol. The molecule has 0 aliphatic carbocycles. The van der Waals surface area contributed by atoms with Crippen molar-refractivity contribution in [3.63, 3.8) is 0 Å². The van der Waals surface area contributed by atoms with Gasteiger partial charge in [0.1, 0.15) is 22.7 Å². The van der Waals surface area contributed by atoms with Crippen LogP contribution in [0.2, 0.25) is 0 Å². The lowest BCUT2D eigenvalue weighted by atomic mass is 10.1. The molecular weight excluding hydrogens is 404 g/mol. The van der Waals surface area contributed by atoms with E-state index in [2.05, 4.69) is 20.4 Å². The molecule has 8 nitrogen and oxygen atoms in total. The van der Waals surface area contributed by atoms with E-state index in [1.54, 1.807) is 18.4 Å². The summed E-state index contributed by atoms with van der Waals surface area (Å²) >= 11 is 0. The Hall–Kier alpha value is -4.46. The molecule has 0 fully saturated rings. The summed E-state index contributed by atoms with van der Waals surface area (Å²) in [5.74, 6) is 0.306. The van der Waals surface area contributed by atoms with Crippen LogP contribution in [0, 0.1) is 13.8 Å². The van der Waals surface area contributed by atoms with Gasteiger partial charge in [-0.3, -0.25) is 4.79 Å². The number of nitrogens with zero attached hydrogens (tertiary/aromatic N) is 4. The molecule has 0 unspecified atom stereocenters. The number of nitrogen functional groups attached to an aromatic ring is 1. The zero-order valence-corrected chi connectivity index (χ0v) is 17.5. The number of amides is 1. The summed E-state index contributed by atoms with van der Waals surface area (Å²) in [7, 11) is 0. The Morgan fingerprint density at radius 2 is 1.88 bits per heavy atom. The van der Waals surface area contributed by atoms with Gasteiger partial charge in [0.15, 0.2) is 5.65 Å². The Morgan fingerprint density at radius 1 is 1.09 bits per heavy atom. The van der Waals surface area contributed by atoms with Gasteiger partial charge >= 0.3 is 0 Å². The first-order valence-electron chi connectivity index (χ1n) is 10.0. The summed E-state index contributed by atoms with van der Waals surface area (Å²) in [5.41, 5.74) is 11.4.